The molecule has 0 radical (unpaired) electrons. The van der Waals surface area contributed by atoms with E-state index < -0.39 is 6.36 Å². The highest BCUT2D eigenvalue weighted by Gasteiger charge is 2.31. The van der Waals surface area contributed by atoms with Crippen LogP contribution in [0.15, 0.2) is 24.3 Å². The lowest BCUT2D eigenvalue weighted by atomic mass is 10.2. The number of H-pyrrole nitrogens is 1. The predicted molar refractivity (Wildman–Crippen MR) is 55.0 cm³/mol. The van der Waals surface area contributed by atoms with Gasteiger partial charge in [0.2, 0.25) is 0 Å². The number of Topliss-reactive ketones (excluding diaryl/α,β-unsaturated/α-hetero) is 1. The van der Waals surface area contributed by atoms with Gasteiger partial charge in [0.1, 0.15) is 5.75 Å². The largest absolute Gasteiger partial charge is 0.573 e. The molecule has 0 amide bonds. The number of aromatic amines is 1. The number of aromatic nitrogens is 1. The second-order valence-corrected chi connectivity index (χ2v) is 3.54. The lowest BCUT2D eigenvalue weighted by Crippen LogP contribution is -2.16. The molecule has 2 aromatic rings. The summed E-state index contributed by atoms with van der Waals surface area (Å²) in [5, 5.41) is 0.497. The summed E-state index contributed by atoms with van der Waals surface area (Å²) in [6.45, 7) is 1.37. The van der Waals surface area contributed by atoms with Crippen molar-refractivity contribution in [2.45, 2.75) is 13.3 Å². The van der Waals surface area contributed by atoms with Gasteiger partial charge in [-0.2, -0.15) is 0 Å². The number of nitrogens with one attached hydrogen (secondary N) is 1. The van der Waals surface area contributed by atoms with Crippen LogP contribution in [0.4, 0.5) is 13.2 Å². The summed E-state index contributed by atoms with van der Waals surface area (Å²) in [4.78, 5) is 13.9. The molecule has 17 heavy (non-hydrogen) atoms. The predicted octanol–water partition coefficient (Wildman–Crippen LogP) is 3.27. The Bertz CT molecular complexity index is 572. The number of carbonyl (C=O) groups excluding carboxylic acids is 1. The molecule has 1 aromatic carbocycles. The zero-order chi connectivity index (χ0) is 12.6. The Morgan fingerprint density at radius 2 is 2.00 bits per heavy atom. The van der Waals surface area contributed by atoms with E-state index in [4.69, 9.17) is 0 Å². The SMILES string of the molecule is CC(=O)c1cc2cc(OC(F)(F)F)ccc2[nH]1. The summed E-state index contributed by atoms with van der Waals surface area (Å²) in [6, 6.07) is 5.34. The van der Waals surface area contributed by atoms with Gasteiger partial charge in [-0.15, -0.1) is 13.2 Å². The Morgan fingerprint density at radius 1 is 1.29 bits per heavy atom. The van der Waals surface area contributed by atoms with Crippen molar-refractivity contribution in [3.63, 3.8) is 0 Å². The smallest absolute Gasteiger partial charge is 0.406 e. The lowest BCUT2D eigenvalue weighted by molar-refractivity contribution is -0.274. The maximum absolute atomic E-state index is 12.0. The number of hydrogen-bond donors (Lipinski definition) is 1. The molecule has 90 valence electrons. The number of benzene rings is 1. The summed E-state index contributed by atoms with van der Waals surface area (Å²) < 4.78 is 39.8. The van der Waals surface area contributed by atoms with E-state index in [1.807, 2.05) is 0 Å². The van der Waals surface area contributed by atoms with Crippen LogP contribution in [0.2, 0.25) is 0 Å². The van der Waals surface area contributed by atoms with Gasteiger partial charge in [0, 0.05) is 17.8 Å². The minimum absolute atomic E-state index is 0.181. The molecule has 3 nitrogen and oxygen atoms in total. The third kappa shape index (κ3) is 2.58. The van der Waals surface area contributed by atoms with Gasteiger partial charge in [-0.05, 0) is 24.3 Å². The third-order valence-corrected chi connectivity index (χ3v) is 2.21. The number of carbonyl (C=O) groups is 1. The number of rotatable bonds is 2. The van der Waals surface area contributed by atoms with E-state index in [2.05, 4.69) is 9.72 Å². The molecule has 0 fully saturated rings. The van der Waals surface area contributed by atoms with Gasteiger partial charge in [0.05, 0.1) is 5.69 Å². The number of hydrogen-bond acceptors (Lipinski definition) is 2. The van der Waals surface area contributed by atoms with E-state index in [0.29, 0.717) is 16.6 Å². The lowest BCUT2D eigenvalue weighted by Gasteiger charge is -2.08. The molecule has 6 heteroatoms. The summed E-state index contributed by atoms with van der Waals surface area (Å²) in [6.07, 6.45) is -4.71. The van der Waals surface area contributed by atoms with Crippen LogP contribution in [-0.2, 0) is 0 Å². The molecule has 0 atom stereocenters. The molecule has 0 saturated heterocycles. The molecule has 2 rings (SSSR count). The monoisotopic (exact) mass is 243 g/mol. The van der Waals surface area contributed by atoms with Crippen molar-refractivity contribution in [2.75, 3.05) is 0 Å². The van der Waals surface area contributed by atoms with E-state index in [-0.39, 0.29) is 11.5 Å². The van der Waals surface area contributed by atoms with Crippen LogP contribution in [0.5, 0.6) is 5.75 Å². The van der Waals surface area contributed by atoms with Crippen molar-refractivity contribution >= 4 is 16.7 Å². The van der Waals surface area contributed by atoms with Crippen molar-refractivity contribution in [3.05, 3.63) is 30.0 Å². The molecule has 1 aromatic heterocycles. The second-order valence-electron chi connectivity index (χ2n) is 3.54. The minimum atomic E-state index is -4.71. The van der Waals surface area contributed by atoms with Crippen LogP contribution < -0.4 is 4.74 Å². The van der Waals surface area contributed by atoms with Gasteiger partial charge in [0.15, 0.2) is 5.78 Å². The molecule has 0 aliphatic heterocycles. The van der Waals surface area contributed by atoms with Gasteiger partial charge >= 0.3 is 6.36 Å². The van der Waals surface area contributed by atoms with Crippen LogP contribution in [-0.4, -0.2) is 17.1 Å². The quantitative estimate of drug-likeness (QED) is 0.822. The number of ether oxygens (including phenoxy) is 1. The first-order valence-corrected chi connectivity index (χ1v) is 4.74. The van der Waals surface area contributed by atoms with Gasteiger partial charge in [-0.1, -0.05) is 0 Å². The average Bonchev–Trinajstić information content (AvgIpc) is 2.57. The highest BCUT2D eigenvalue weighted by atomic mass is 19.4. The molecule has 0 unspecified atom stereocenters. The molecule has 0 bridgehead atoms. The maximum atomic E-state index is 12.0. The van der Waals surface area contributed by atoms with Crippen LogP contribution in [0.25, 0.3) is 10.9 Å². The molecule has 0 spiro atoms. The van der Waals surface area contributed by atoms with E-state index in [9.17, 15) is 18.0 Å². The zero-order valence-corrected chi connectivity index (χ0v) is 8.76. The maximum Gasteiger partial charge on any atom is 0.573 e. The molecule has 1 heterocycles. The number of halogens is 3. The normalized spacial score (nSPS) is 11.8. The van der Waals surface area contributed by atoms with Crippen molar-refractivity contribution in [2.24, 2.45) is 0 Å². The average molecular weight is 243 g/mol. The first-order chi connectivity index (χ1) is 7.85. The molecule has 1 N–H and O–H groups in total. The Balaban J connectivity index is 2.40. The van der Waals surface area contributed by atoms with Gasteiger partial charge in [0.25, 0.3) is 0 Å². The number of ketones is 1. The Kier molecular flexibility index (Phi) is 2.57. The van der Waals surface area contributed by atoms with Crippen LogP contribution in [0.3, 0.4) is 0 Å². The standard InChI is InChI=1S/C11H8F3NO2/c1-6(16)10-5-7-4-8(17-11(12,13)14)2-3-9(7)15-10/h2-5,15H,1H3. The Hall–Kier alpha value is -1.98. The molecular formula is C11H8F3NO2. The van der Waals surface area contributed by atoms with Crippen LogP contribution in [0, 0.1) is 0 Å². The topological polar surface area (TPSA) is 42.1 Å². The fraction of sp³-hybridized carbons (Fsp3) is 0.182. The van der Waals surface area contributed by atoms with Gasteiger partial charge < -0.3 is 9.72 Å². The molecule has 0 aliphatic carbocycles. The Labute approximate surface area is 94.2 Å². The molecular weight excluding hydrogens is 235 g/mol. The van der Waals surface area contributed by atoms with E-state index in [1.54, 1.807) is 0 Å². The van der Waals surface area contributed by atoms with Gasteiger partial charge in [-0.25, -0.2) is 0 Å². The third-order valence-electron chi connectivity index (χ3n) is 2.21. The number of alkyl halides is 3. The molecule has 0 aliphatic rings. The van der Waals surface area contributed by atoms with E-state index >= 15 is 0 Å². The fourth-order valence-corrected chi connectivity index (χ4v) is 1.50. The highest BCUT2D eigenvalue weighted by Crippen LogP contribution is 2.26. The summed E-state index contributed by atoms with van der Waals surface area (Å²) >= 11 is 0. The number of fused-ring (bicyclic) bond motifs is 1. The van der Waals surface area contributed by atoms with Crippen molar-refractivity contribution in [1.82, 2.24) is 4.98 Å². The fourth-order valence-electron chi connectivity index (χ4n) is 1.50. The summed E-state index contributed by atoms with van der Waals surface area (Å²) in [5.41, 5.74) is 0.939. The minimum Gasteiger partial charge on any atom is -0.406 e. The van der Waals surface area contributed by atoms with Crippen LogP contribution >= 0.6 is 0 Å². The van der Waals surface area contributed by atoms with Gasteiger partial charge in [-0.3, -0.25) is 4.79 Å². The zero-order valence-electron chi connectivity index (χ0n) is 8.76. The van der Waals surface area contributed by atoms with E-state index in [1.165, 1.54) is 31.2 Å². The highest BCUT2D eigenvalue weighted by molar-refractivity contribution is 5.98. The second kappa shape index (κ2) is 3.80. The summed E-state index contributed by atoms with van der Waals surface area (Å²) in [7, 11) is 0. The van der Waals surface area contributed by atoms with E-state index in [0.717, 1.165) is 0 Å². The Morgan fingerprint density at radius 3 is 2.59 bits per heavy atom. The molecule has 0 saturated carbocycles. The summed E-state index contributed by atoms with van der Waals surface area (Å²) in [5.74, 6) is -0.487. The van der Waals surface area contributed by atoms with Crippen molar-refractivity contribution in [1.29, 1.82) is 0 Å². The first-order valence-electron chi connectivity index (χ1n) is 4.74. The van der Waals surface area contributed by atoms with Crippen molar-refractivity contribution in [3.8, 4) is 5.75 Å². The first kappa shape index (κ1) is 11.5. The van der Waals surface area contributed by atoms with Crippen molar-refractivity contribution < 1.29 is 22.7 Å². The van der Waals surface area contributed by atoms with Crippen LogP contribution in [0.1, 0.15) is 17.4 Å².